The normalized spacial score (nSPS) is 37.4. The molecule has 1 aromatic rings. The van der Waals surface area contributed by atoms with Crippen molar-refractivity contribution in [3.8, 4) is 0 Å². The van der Waals surface area contributed by atoms with Crippen LogP contribution in [0.1, 0.15) is 56.1 Å². The lowest BCUT2D eigenvalue weighted by molar-refractivity contribution is -0.0206. The molecule has 0 atom stereocenters. The molecule has 0 saturated heterocycles. The summed E-state index contributed by atoms with van der Waals surface area (Å²) in [6.45, 7) is 0.815. The van der Waals surface area contributed by atoms with E-state index in [9.17, 15) is 8.78 Å². The van der Waals surface area contributed by atoms with Gasteiger partial charge in [-0.2, -0.15) is 0 Å². The van der Waals surface area contributed by atoms with Gasteiger partial charge in [0.2, 0.25) is 0 Å². The Hall–Kier alpha value is -0.960. The molecule has 4 saturated carbocycles. The average Bonchev–Trinajstić information content (AvgIpc) is 2.44. The third-order valence-electron chi connectivity index (χ3n) is 5.94. The summed E-state index contributed by atoms with van der Waals surface area (Å²) >= 11 is 0. The predicted octanol–water partition coefficient (Wildman–Crippen LogP) is 4.68. The molecule has 0 heterocycles. The second-order valence-corrected chi connectivity index (χ2v) is 7.59. The fraction of sp³-hybridized carbons (Fsp3) is 0.667. The Kier molecular flexibility index (Phi) is 3.29. The molecule has 5 rings (SSSR count). The maximum Gasteiger partial charge on any atom is 0.263 e. The number of hydrogen-bond acceptors (Lipinski definition) is 1. The Morgan fingerprint density at radius 1 is 0.952 bits per heavy atom. The molecule has 0 aliphatic heterocycles. The first-order chi connectivity index (χ1) is 10.1. The van der Waals surface area contributed by atoms with E-state index in [1.165, 1.54) is 38.5 Å². The van der Waals surface area contributed by atoms with Gasteiger partial charge in [0, 0.05) is 17.6 Å². The molecular formula is C18H23F2N. The van der Waals surface area contributed by atoms with Crippen LogP contribution < -0.4 is 5.32 Å². The molecule has 0 spiro atoms. The topological polar surface area (TPSA) is 12.0 Å². The van der Waals surface area contributed by atoms with Gasteiger partial charge >= 0.3 is 0 Å². The molecule has 0 amide bonds. The fourth-order valence-electron chi connectivity index (χ4n) is 5.40. The molecule has 4 aliphatic carbocycles. The highest BCUT2D eigenvalue weighted by atomic mass is 19.3. The Bertz CT molecular complexity index is 473. The molecule has 0 unspecified atom stereocenters. The van der Waals surface area contributed by atoms with Crippen molar-refractivity contribution in [3.05, 3.63) is 35.4 Å². The second kappa shape index (κ2) is 5.05. The van der Waals surface area contributed by atoms with Crippen molar-refractivity contribution in [1.82, 2.24) is 5.32 Å². The molecule has 21 heavy (non-hydrogen) atoms. The smallest absolute Gasteiger partial charge is 0.263 e. The number of nitrogens with one attached hydrogen (secondary N) is 1. The molecule has 1 nitrogen and oxygen atoms in total. The van der Waals surface area contributed by atoms with Crippen LogP contribution in [0.15, 0.2) is 24.3 Å². The van der Waals surface area contributed by atoms with Crippen molar-refractivity contribution >= 4 is 0 Å². The second-order valence-electron chi connectivity index (χ2n) is 7.59. The minimum atomic E-state index is -2.37. The van der Waals surface area contributed by atoms with Gasteiger partial charge in [0.15, 0.2) is 0 Å². The van der Waals surface area contributed by atoms with E-state index in [0.717, 1.165) is 29.9 Å². The van der Waals surface area contributed by atoms with Gasteiger partial charge in [-0.15, -0.1) is 0 Å². The molecule has 0 aromatic heterocycles. The lowest BCUT2D eigenvalue weighted by Gasteiger charge is -2.57. The van der Waals surface area contributed by atoms with Gasteiger partial charge in [0.05, 0.1) is 0 Å². The van der Waals surface area contributed by atoms with Crippen LogP contribution in [0.4, 0.5) is 8.78 Å². The maximum absolute atomic E-state index is 12.6. The SMILES string of the molecule is FC(F)c1ccc(CNC23CC4CC(CC(C4)C2)C3)cc1. The van der Waals surface area contributed by atoms with E-state index in [2.05, 4.69) is 5.32 Å². The molecule has 1 aromatic carbocycles. The van der Waals surface area contributed by atoms with Crippen molar-refractivity contribution in [2.24, 2.45) is 17.8 Å². The summed E-state index contributed by atoms with van der Waals surface area (Å²) in [6, 6.07) is 6.80. The van der Waals surface area contributed by atoms with E-state index in [0.29, 0.717) is 5.54 Å². The van der Waals surface area contributed by atoms with Crippen LogP contribution in [0.2, 0.25) is 0 Å². The lowest BCUT2D eigenvalue weighted by atomic mass is 9.53. The zero-order chi connectivity index (χ0) is 14.4. The highest BCUT2D eigenvalue weighted by Gasteiger charge is 2.50. The summed E-state index contributed by atoms with van der Waals surface area (Å²) < 4.78 is 25.1. The largest absolute Gasteiger partial charge is 0.307 e. The lowest BCUT2D eigenvalue weighted by Crippen LogP contribution is -2.58. The number of rotatable bonds is 4. The summed E-state index contributed by atoms with van der Waals surface area (Å²) in [5.41, 5.74) is 1.58. The summed E-state index contributed by atoms with van der Waals surface area (Å²) in [5.74, 6) is 2.81. The zero-order valence-electron chi connectivity index (χ0n) is 12.3. The third kappa shape index (κ3) is 2.61. The number of halogens is 2. The summed E-state index contributed by atoms with van der Waals surface area (Å²) in [5, 5.41) is 3.80. The van der Waals surface area contributed by atoms with E-state index in [-0.39, 0.29) is 5.56 Å². The first kappa shape index (κ1) is 13.7. The van der Waals surface area contributed by atoms with E-state index < -0.39 is 6.43 Å². The van der Waals surface area contributed by atoms with Gasteiger partial charge in [-0.1, -0.05) is 24.3 Å². The third-order valence-corrected chi connectivity index (χ3v) is 5.94. The molecule has 3 heteroatoms. The van der Waals surface area contributed by atoms with Gasteiger partial charge < -0.3 is 5.32 Å². The van der Waals surface area contributed by atoms with E-state index in [1.807, 2.05) is 12.1 Å². The van der Waals surface area contributed by atoms with Crippen molar-refractivity contribution in [2.75, 3.05) is 0 Å². The van der Waals surface area contributed by atoms with Gasteiger partial charge in [-0.3, -0.25) is 0 Å². The van der Waals surface area contributed by atoms with Gasteiger partial charge in [0.1, 0.15) is 0 Å². The van der Waals surface area contributed by atoms with Gasteiger partial charge in [-0.25, -0.2) is 8.78 Å². The molecule has 4 fully saturated rings. The van der Waals surface area contributed by atoms with Crippen molar-refractivity contribution in [2.45, 2.75) is 57.0 Å². The van der Waals surface area contributed by atoms with Crippen LogP contribution in [0.5, 0.6) is 0 Å². The number of hydrogen-bond donors (Lipinski definition) is 1. The predicted molar refractivity (Wildman–Crippen MR) is 79.1 cm³/mol. The standard InChI is InChI=1S/C18H23F2N/c19-17(20)16-3-1-12(2-4-16)11-21-18-8-13-5-14(9-18)7-15(6-13)10-18/h1-4,13-15,17,21H,5-11H2. The van der Waals surface area contributed by atoms with E-state index in [1.54, 1.807) is 12.1 Å². The minimum absolute atomic E-state index is 0.119. The van der Waals surface area contributed by atoms with E-state index >= 15 is 0 Å². The molecule has 114 valence electrons. The molecule has 0 radical (unpaired) electrons. The van der Waals surface area contributed by atoms with Crippen LogP contribution in [-0.4, -0.2) is 5.54 Å². The quantitative estimate of drug-likeness (QED) is 0.849. The van der Waals surface area contributed by atoms with Crippen LogP contribution in [0.25, 0.3) is 0 Å². The minimum Gasteiger partial charge on any atom is -0.307 e. The Morgan fingerprint density at radius 3 is 1.95 bits per heavy atom. The van der Waals surface area contributed by atoms with E-state index in [4.69, 9.17) is 0 Å². The number of benzene rings is 1. The highest BCUT2D eigenvalue weighted by Crippen LogP contribution is 2.55. The first-order valence-electron chi connectivity index (χ1n) is 8.24. The molecule has 1 N–H and O–H groups in total. The first-order valence-corrected chi connectivity index (χ1v) is 8.24. The van der Waals surface area contributed by atoms with Crippen LogP contribution in [-0.2, 0) is 6.54 Å². The molecule has 4 bridgehead atoms. The number of alkyl halides is 2. The fourth-order valence-corrected chi connectivity index (χ4v) is 5.40. The van der Waals surface area contributed by atoms with Crippen LogP contribution in [0, 0.1) is 17.8 Å². The van der Waals surface area contributed by atoms with Gasteiger partial charge in [0.25, 0.3) is 6.43 Å². The monoisotopic (exact) mass is 291 g/mol. The van der Waals surface area contributed by atoms with Crippen LogP contribution >= 0.6 is 0 Å². The summed E-state index contributed by atoms with van der Waals surface area (Å²) in [6.07, 6.45) is 5.96. The Labute approximate surface area is 125 Å². The van der Waals surface area contributed by atoms with Crippen molar-refractivity contribution in [3.63, 3.8) is 0 Å². The van der Waals surface area contributed by atoms with Gasteiger partial charge in [-0.05, 0) is 61.8 Å². The Morgan fingerprint density at radius 2 is 1.48 bits per heavy atom. The summed E-state index contributed by atoms with van der Waals surface area (Å²) in [4.78, 5) is 0. The van der Waals surface area contributed by atoms with Crippen molar-refractivity contribution in [1.29, 1.82) is 0 Å². The molecule has 4 aliphatic rings. The molecular weight excluding hydrogens is 268 g/mol. The average molecular weight is 291 g/mol. The maximum atomic E-state index is 12.6. The highest BCUT2D eigenvalue weighted by molar-refractivity contribution is 5.23. The zero-order valence-corrected chi connectivity index (χ0v) is 12.3. The van der Waals surface area contributed by atoms with Crippen LogP contribution in [0.3, 0.4) is 0 Å². The van der Waals surface area contributed by atoms with Crippen molar-refractivity contribution < 1.29 is 8.78 Å². The summed E-state index contributed by atoms with van der Waals surface area (Å²) in [7, 11) is 0. The Balaban J connectivity index is 1.42.